The van der Waals surface area contributed by atoms with Gasteiger partial charge in [0.15, 0.2) is 19.0 Å². The fraction of sp³-hybridized carbons (Fsp3) is 0.556. The highest BCUT2D eigenvalue weighted by Gasteiger charge is 2.27. The number of nitro groups is 1. The largest absolute Gasteiger partial charge is 0.475 e. The number of hydrogen-bond donors (Lipinski definition) is 1. The van der Waals surface area contributed by atoms with Crippen LogP contribution in [0.3, 0.4) is 0 Å². The number of ether oxygens (including phenoxy) is 2. The van der Waals surface area contributed by atoms with E-state index in [0.29, 0.717) is 0 Å². The summed E-state index contributed by atoms with van der Waals surface area (Å²) in [5.41, 5.74) is -0.656. The van der Waals surface area contributed by atoms with Gasteiger partial charge in [-0.25, -0.2) is 4.79 Å². The third-order valence-corrected chi connectivity index (χ3v) is 3.22. The first kappa shape index (κ1) is 21.4. The lowest BCUT2D eigenvalue weighted by atomic mass is 9.82. The van der Waals surface area contributed by atoms with Crippen molar-refractivity contribution in [2.45, 2.75) is 46.6 Å². The number of amides is 1. The first-order valence-corrected chi connectivity index (χ1v) is 8.22. The van der Waals surface area contributed by atoms with Crippen LogP contribution in [0.25, 0.3) is 0 Å². The average molecular weight is 366 g/mol. The Morgan fingerprint density at radius 3 is 2.31 bits per heavy atom. The second-order valence-corrected chi connectivity index (χ2v) is 7.84. The van der Waals surface area contributed by atoms with Crippen LogP contribution in [0.5, 0.6) is 5.75 Å². The molecule has 8 heteroatoms. The Labute approximate surface area is 153 Å². The first-order chi connectivity index (χ1) is 11.9. The number of nitrogens with one attached hydrogen (secondary N) is 1. The van der Waals surface area contributed by atoms with Crippen molar-refractivity contribution in [1.29, 1.82) is 0 Å². The Bertz CT molecular complexity index is 664. The van der Waals surface area contributed by atoms with Crippen molar-refractivity contribution < 1.29 is 24.0 Å². The van der Waals surface area contributed by atoms with Crippen molar-refractivity contribution in [3.05, 3.63) is 34.4 Å². The predicted octanol–water partition coefficient (Wildman–Crippen LogP) is 2.85. The molecule has 1 N–H and O–H groups in total. The molecular weight excluding hydrogens is 340 g/mol. The molecule has 1 aromatic rings. The Morgan fingerprint density at radius 2 is 1.73 bits per heavy atom. The van der Waals surface area contributed by atoms with Crippen LogP contribution in [0.15, 0.2) is 24.3 Å². The van der Waals surface area contributed by atoms with Gasteiger partial charge in [-0.15, -0.1) is 0 Å². The maximum atomic E-state index is 11.9. The number of hydrogen-bond acceptors (Lipinski definition) is 6. The quantitative estimate of drug-likeness (QED) is 0.430. The van der Waals surface area contributed by atoms with Crippen molar-refractivity contribution in [3.63, 3.8) is 0 Å². The summed E-state index contributed by atoms with van der Waals surface area (Å²) >= 11 is 0. The molecule has 0 aliphatic rings. The molecule has 8 nitrogen and oxygen atoms in total. The molecule has 1 aromatic carbocycles. The second kappa shape index (κ2) is 8.64. The van der Waals surface area contributed by atoms with Crippen LogP contribution in [0.1, 0.15) is 41.0 Å². The summed E-state index contributed by atoms with van der Waals surface area (Å²) in [5, 5.41) is 13.7. The number of carbonyl (C=O) groups excluding carboxylic acids is 2. The lowest BCUT2D eigenvalue weighted by molar-refractivity contribution is -0.385. The fourth-order valence-corrected chi connectivity index (χ4v) is 2.84. The van der Waals surface area contributed by atoms with E-state index in [1.807, 2.05) is 13.8 Å². The topological polar surface area (TPSA) is 108 Å². The highest BCUT2D eigenvalue weighted by molar-refractivity contribution is 5.81. The monoisotopic (exact) mass is 366 g/mol. The zero-order chi connectivity index (χ0) is 20.0. The van der Waals surface area contributed by atoms with Gasteiger partial charge >= 0.3 is 11.7 Å². The molecule has 1 amide bonds. The number of benzene rings is 1. The number of nitrogens with zero attached hydrogens (tertiary/aromatic N) is 1. The van der Waals surface area contributed by atoms with Gasteiger partial charge in [0.1, 0.15) is 0 Å². The molecular formula is C18H26N2O6. The normalized spacial score (nSPS) is 11.6. The minimum atomic E-state index is -0.785. The van der Waals surface area contributed by atoms with Crippen LogP contribution in [-0.2, 0) is 14.3 Å². The van der Waals surface area contributed by atoms with E-state index in [2.05, 4.69) is 26.1 Å². The van der Waals surface area contributed by atoms with Gasteiger partial charge in [0.2, 0.25) is 0 Å². The van der Waals surface area contributed by atoms with Crippen LogP contribution in [0.2, 0.25) is 0 Å². The van der Waals surface area contributed by atoms with Crippen molar-refractivity contribution >= 4 is 17.6 Å². The molecule has 0 aromatic heterocycles. The fourth-order valence-electron chi connectivity index (χ4n) is 2.84. The van der Waals surface area contributed by atoms with Gasteiger partial charge in [0, 0.05) is 11.6 Å². The van der Waals surface area contributed by atoms with Gasteiger partial charge < -0.3 is 14.8 Å². The van der Waals surface area contributed by atoms with Crippen LogP contribution >= 0.6 is 0 Å². The van der Waals surface area contributed by atoms with Crippen LogP contribution in [0.4, 0.5) is 5.69 Å². The summed E-state index contributed by atoms with van der Waals surface area (Å²) in [7, 11) is 0. The van der Waals surface area contributed by atoms with Gasteiger partial charge in [-0.05, 0) is 31.7 Å². The van der Waals surface area contributed by atoms with Gasteiger partial charge in [-0.3, -0.25) is 14.9 Å². The second-order valence-electron chi connectivity index (χ2n) is 7.84. The highest BCUT2D eigenvalue weighted by Crippen LogP contribution is 2.27. The van der Waals surface area contributed by atoms with E-state index in [9.17, 15) is 19.7 Å². The number of carbonyl (C=O) groups is 2. The maximum Gasteiger partial charge on any atom is 0.344 e. The van der Waals surface area contributed by atoms with Gasteiger partial charge in [0.05, 0.1) is 4.92 Å². The van der Waals surface area contributed by atoms with Gasteiger partial charge in [-0.1, -0.05) is 32.9 Å². The first-order valence-electron chi connectivity index (χ1n) is 8.22. The Morgan fingerprint density at radius 1 is 1.12 bits per heavy atom. The van der Waals surface area contributed by atoms with E-state index in [1.165, 1.54) is 18.2 Å². The molecule has 0 heterocycles. The zero-order valence-corrected chi connectivity index (χ0v) is 15.8. The van der Waals surface area contributed by atoms with Gasteiger partial charge in [0.25, 0.3) is 5.91 Å². The molecule has 0 saturated heterocycles. The Hall–Kier alpha value is -2.64. The molecule has 144 valence electrons. The molecule has 0 fully saturated rings. The summed E-state index contributed by atoms with van der Waals surface area (Å²) in [6.45, 7) is 9.05. The molecule has 0 unspecified atom stereocenters. The molecule has 0 spiro atoms. The van der Waals surface area contributed by atoms with Crippen LogP contribution < -0.4 is 10.1 Å². The molecule has 0 aliphatic carbocycles. The van der Waals surface area contributed by atoms with E-state index in [1.54, 1.807) is 6.07 Å². The van der Waals surface area contributed by atoms with E-state index in [-0.39, 0.29) is 16.9 Å². The minimum absolute atomic E-state index is 0.0334. The van der Waals surface area contributed by atoms with Crippen molar-refractivity contribution in [3.8, 4) is 5.75 Å². The highest BCUT2D eigenvalue weighted by atomic mass is 16.6. The third-order valence-electron chi connectivity index (χ3n) is 3.22. The zero-order valence-electron chi connectivity index (χ0n) is 15.8. The summed E-state index contributed by atoms with van der Waals surface area (Å²) in [6.07, 6.45) is 0.750. The number of rotatable bonds is 8. The number of nitro benzene ring substituents is 1. The van der Waals surface area contributed by atoms with Crippen LogP contribution in [-0.4, -0.2) is 35.6 Å². The summed E-state index contributed by atoms with van der Waals surface area (Å²) < 4.78 is 9.97. The smallest absolute Gasteiger partial charge is 0.344 e. The van der Waals surface area contributed by atoms with Crippen molar-refractivity contribution in [2.24, 2.45) is 5.41 Å². The van der Waals surface area contributed by atoms with E-state index >= 15 is 0 Å². The molecule has 0 saturated carbocycles. The molecule has 0 bridgehead atoms. The molecule has 26 heavy (non-hydrogen) atoms. The molecule has 0 aliphatic heterocycles. The van der Waals surface area contributed by atoms with Gasteiger partial charge in [-0.2, -0.15) is 0 Å². The SMILES string of the molecule is CC(C)(C)CC(C)(C)NC(=O)COC(=O)COc1ccccc1[N+](=O)[O-]. The Kier molecular flexibility index (Phi) is 7.11. The van der Waals surface area contributed by atoms with E-state index in [4.69, 9.17) is 9.47 Å². The van der Waals surface area contributed by atoms with Crippen molar-refractivity contribution in [1.82, 2.24) is 5.32 Å². The number of esters is 1. The van der Waals surface area contributed by atoms with E-state index in [0.717, 1.165) is 6.42 Å². The van der Waals surface area contributed by atoms with Crippen LogP contribution in [0, 0.1) is 15.5 Å². The summed E-state index contributed by atoms with van der Waals surface area (Å²) in [4.78, 5) is 33.9. The average Bonchev–Trinajstić information content (AvgIpc) is 2.48. The summed E-state index contributed by atoms with van der Waals surface area (Å²) in [5.74, 6) is -1.24. The standard InChI is InChI=1S/C18H26N2O6/c1-17(2,3)12-18(4,5)19-15(21)10-26-16(22)11-25-14-9-7-6-8-13(14)20(23)24/h6-9H,10-12H2,1-5H3,(H,19,21). The lowest BCUT2D eigenvalue weighted by Crippen LogP contribution is -2.47. The lowest BCUT2D eigenvalue weighted by Gasteiger charge is -2.33. The van der Waals surface area contributed by atoms with Crippen molar-refractivity contribution in [2.75, 3.05) is 13.2 Å². The molecule has 0 atom stereocenters. The minimum Gasteiger partial charge on any atom is -0.475 e. The molecule has 1 rings (SSSR count). The summed E-state index contributed by atoms with van der Waals surface area (Å²) in [6, 6.07) is 5.70. The van der Waals surface area contributed by atoms with E-state index < -0.39 is 35.6 Å². The molecule has 0 radical (unpaired) electrons. The predicted molar refractivity (Wildman–Crippen MR) is 95.8 cm³/mol. The Balaban J connectivity index is 2.45. The third kappa shape index (κ3) is 7.96. The number of para-hydroxylation sites is 2. The maximum absolute atomic E-state index is 11.9.